The van der Waals surface area contributed by atoms with Gasteiger partial charge in [-0.2, -0.15) is 0 Å². The van der Waals surface area contributed by atoms with Crippen molar-refractivity contribution in [3.8, 4) is 0 Å². The fourth-order valence-electron chi connectivity index (χ4n) is 3.51. The molecule has 0 saturated carbocycles. The molecule has 0 atom stereocenters. The van der Waals surface area contributed by atoms with E-state index in [4.69, 9.17) is 41.8 Å². The molecular weight excluding hydrogens is 517 g/mol. The Morgan fingerprint density at radius 2 is 0.750 bits per heavy atom. The molecule has 0 radical (unpaired) electrons. The second-order valence-corrected chi connectivity index (χ2v) is 23.6. The Hall–Kier alpha value is 0.291. The van der Waals surface area contributed by atoms with Crippen LogP contribution in [0.15, 0.2) is 0 Å². The van der Waals surface area contributed by atoms with E-state index in [0.29, 0.717) is 72.7 Å². The van der Waals surface area contributed by atoms with Gasteiger partial charge in [0.25, 0.3) is 0 Å². The zero-order valence-corrected chi connectivity index (χ0v) is 27.2. The maximum Gasteiger partial charge on any atom is 0.314 e. The van der Waals surface area contributed by atoms with Crippen molar-refractivity contribution >= 4 is 25.2 Å². The van der Waals surface area contributed by atoms with Crippen LogP contribution in [0, 0.1) is 0 Å². The van der Waals surface area contributed by atoms with E-state index >= 15 is 0 Å². The molecule has 0 spiro atoms. The topological polar surface area (TPSA) is 94.1 Å². The molecule has 0 rings (SSSR count). The van der Waals surface area contributed by atoms with Crippen LogP contribution < -0.4 is 0 Å². The summed E-state index contributed by atoms with van der Waals surface area (Å²) in [6.45, 7) is 22.3. The summed E-state index contributed by atoms with van der Waals surface area (Å²) >= 11 is 0. The highest BCUT2D eigenvalue weighted by Gasteiger charge is 2.39. The lowest BCUT2D eigenvalue weighted by molar-refractivity contribution is -0.0182. The Morgan fingerprint density at radius 1 is 0.417 bits per heavy atom. The third kappa shape index (κ3) is 27.3. The van der Waals surface area contributed by atoms with Crippen LogP contribution in [0.2, 0.25) is 51.9 Å². The molecule has 1 N–H and O–H groups in total. The second-order valence-electron chi connectivity index (χ2n) is 10.8. The maximum atomic E-state index is 8.57. The minimum Gasteiger partial charge on any atom is -0.437 e. The average molecular weight is 573 g/mol. The zero-order valence-electron chi connectivity index (χ0n) is 24.2. The predicted octanol–water partition coefficient (Wildman–Crippen LogP) is 4.02. The van der Waals surface area contributed by atoms with Gasteiger partial charge >= 0.3 is 8.56 Å². The van der Waals surface area contributed by atoms with Crippen LogP contribution in [-0.2, 0) is 36.7 Å². The molecule has 0 bridgehead atoms. The molecule has 0 unspecified atom stereocenters. The fraction of sp³-hybridized carbons (Fsp3) is 1.00. The van der Waals surface area contributed by atoms with Gasteiger partial charge in [0, 0.05) is 6.61 Å². The lowest BCUT2D eigenvalue weighted by Gasteiger charge is -2.38. The van der Waals surface area contributed by atoms with Crippen molar-refractivity contribution in [2.75, 3.05) is 85.9 Å². The van der Waals surface area contributed by atoms with Crippen molar-refractivity contribution in [2.45, 2.75) is 71.1 Å². The molecule has 0 aliphatic rings. The van der Waals surface area contributed by atoms with Gasteiger partial charge in [-0.25, -0.2) is 0 Å². The summed E-state index contributed by atoms with van der Waals surface area (Å²) in [7, 11) is -5.35. The molecule has 12 heteroatoms. The van der Waals surface area contributed by atoms with Crippen LogP contribution >= 0.6 is 0 Å². The minimum absolute atomic E-state index is 0.0360. The smallest absolute Gasteiger partial charge is 0.314 e. The van der Waals surface area contributed by atoms with Crippen molar-refractivity contribution in [1.82, 2.24) is 0 Å². The molecule has 218 valence electrons. The first-order valence-electron chi connectivity index (χ1n) is 13.5. The summed E-state index contributed by atoms with van der Waals surface area (Å²) in [5.41, 5.74) is 0. The Morgan fingerprint density at radius 3 is 1.08 bits per heavy atom. The van der Waals surface area contributed by atoms with Crippen molar-refractivity contribution in [3.05, 3.63) is 0 Å². The summed E-state index contributed by atoms with van der Waals surface area (Å²) in [5.74, 6) is 0. The van der Waals surface area contributed by atoms with E-state index in [1.807, 2.05) is 0 Å². The first kappa shape index (κ1) is 36.3. The lowest BCUT2D eigenvalue weighted by atomic mass is 10.3. The molecular formula is C24H56O9Si3. The molecule has 0 aliphatic carbocycles. The molecule has 9 nitrogen and oxygen atoms in total. The Balaban J connectivity index is 3.48. The zero-order chi connectivity index (χ0) is 27.2. The van der Waals surface area contributed by atoms with Gasteiger partial charge in [0.05, 0.1) is 79.3 Å². The predicted molar refractivity (Wildman–Crippen MR) is 151 cm³/mol. The van der Waals surface area contributed by atoms with E-state index in [1.54, 1.807) is 0 Å². The van der Waals surface area contributed by atoms with Crippen LogP contribution in [0.1, 0.15) is 19.3 Å². The molecule has 0 aromatic heterocycles. The molecule has 0 aliphatic heterocycles. The van der Waals surface area contributed by atoms with Gasteiger partial charge in [-0.05, 0) is 58.3 Å². The van der Waals surface area contributed by atoms with Crippen LogP contribution in [0.3, 0.4) is 0 Å². The average Bonchev–Trinajstić information content (AvgIpc) is 2.74. The fourth-order valence-corrected chi connectivity index (χ4v) is 16.1. The van der Waals surface area contributed by atoms with Crippen molar-refractivity contribution in [3.63, 3.8) is 0 Å². The summed E-state index contributed by atoms with van der Waals surface area (Å²) in [6, 6.07) is 1.06. The summed E-state index contributed by atoms with van der Waals surface area (Å²) in [5, 5.41) is 8.57. The number of rotatable bonds is 27. The van der Waals surface area contributed by atoms with Gasteiger partial charge in [-0.15, -0.1) is 0 Å². The molecule has 36 heavy (non-hydrogen) atoms. The van der Waals surface area contributed by atoms with Gasteiger partial charge in [-0.1, -0.05) is 12.8 Å². The standard InChI is InChI=1S/C24H56O9Si3/c1-34(2,3)32-36(7,33-35(4,5)6)24-10-8-9-12-26-14-16-28-18-20-30-22-23-31-21-19-29-17-15-27-13-11-25/h25H,8-24H2,1-7H3. The van der Waals surface area contributed by atoms with Crippen molar-refractivity contribution in [1.29, 1.82) is 0 Å². The number of unbranched alkanes of at least 4 members (excludes halogenated alkanes) is 2. The van der Waals surface area contributed by atoms with Crippen LogP contribution in [0.5, 0.6) is 0 Å². The number of aliphatic hydroxyl groups is 1. The summed E-state index contributed by atoms with van der Waals surface area (Å²) in [4.78, 5) is 0. The number of aliphatic hydroxyl groups excluding tert-OH is 1. The largest absolute Gasteiger partial charge is 0.437 e. The monoisotopic (exact) mass is 572 g/mol. The van der Waals surface area contributed by atoms with Crippen LogP contribution in [-0.4, -0.2) is 116 Å². The Labute approximate surface area is 223 Å². The highest BCUT2D eigenvalue weighted by molar-refractivity contribution is 6.87. The maximum absolute atomic E-state index is 8.57. The lowest BCUT2D eigenvalue weighted by Crippen LogP contribution is -2.52. The first-order chi connectivity index (χ1) is 17.0. The van der Waals surface area contributed by atoms with E-state index in [1.165, 1.54) is 0 Å². The minimum atomic E-state index is -2.11. The number of hydrogen-bond acceptors (Lipinski definition) is 9. The van der Waals surface area contributed by atoms with Gasteiger partial charge < -0.3 is 41.8 Å². The highest BCUT2D eigenvalue weighted by atomic mass is 28.5. The quantitative estimate of drug-likeness (QED) is 0.116. The van der Waals surface area contributed by atoms with Gasteiger partial charge in [0.1, 0.15) is 0 Å². The van der Waals surface area contributed by atoms with Crippen molar-refractivity contribution in [2.24, 2.45) is 0 Å². The SMILES string of the molecule is C[Si](C)(C)O[Si](C)(CCCCCOCCOCCOCCOCCOCCOCCO)O[Si](C)(C)C. The number of ether oxygens (including phenoxy) is 6. The van der Waals surface area contributed by atoms with Crippen molar-refractivity contribution < 1.29 is 41.8 Å². The number of hydrogen-bond donors (Lipinski definition) is 1. The molecule has 0 amide bonds. The third-order valence-electron chi connectivity index (χ3n) is 4.56. The van der Waals surface area contributed by atoms with Gasteiger partial charge in [0.15, 0.2) is 16.6 Å². The normalized spacial score (nSPS) is 13.0. The Kier molecular flexibility index (Phi) is 22.3. The highest BCUT2D eigenvalue weighted by Crippen LogP contribution is 2.26. The first-order valence-corrected chi connectivity index (χ1v) is 22.8. The van der Waals surface area contributed by atoms with E-state index in [2.05, 4.69) is 45.8 Å². The second kappa shape index (κ2) is 22.1. The van der Waals surface area contributed by atoms with Gasteiger partial charge in [-0.3, -0.25) is 0 Å². The van der Waals surface area contributed by atoms with Crippen LogP contribution in [0.4, 0.5) is 0 Å². The van der Waals surface area contributed by atoms with Gasteiger partial charge in [0.2, 0.25) is 0 Å². The van der Waals surface area contributed by atoms with E-state index in [0.717, 1.165) is 31.9 Å². The molecule has 0 aromatic carbocycles. The van der Waals surface area contributed by atoms with E-state index in [9.17, 15) is 0 Å². The van der Waals surface area contributed by atoms with Crippen LogP contribution in [0.25, 0.3) is 0 Å². The molecule has 0 saturated heterocycles. The molecule has 0 aromatic rings. The summed E-state index contributed by atoms with van der Waals surface area (Å²) < 4.78 is 45.7. The molecule has 0 fully saturated rings. The summed E-state index contributed by atoms with van der Waals surface area (Å²) in [6.07, 6.45) is 3.32. The van der Waals surface area contributed by atoms with E-state index in [-0.39, 0.29) is 6.61 Å². The Bertz CT molecular complexity index is 472. The molecule has 0 heterocycles. The van der Waals surface area contributed by atoms with E-state index < -0.39 is 25.2 Å². The third-order valence-corrected chi connectivity index (χ3v) is 14.2.